The molecule has 1 amide bonds. The number of nitrogens with zero attached hydrogens (tertiary/aromatic N) is 1. The lowest BCUT2D eigenvalue weighted by Crippen LogP contribution is -2.33. The van der Waals surface area contributed by atoms with Gasteiger partial charge in [0.1, 0.15) is 11.6 Å². The van der Waals surface area contributed by atoms with Crippen LogP contribution in [0.15, 0.2) is 18.2 Å². The molecule has 1 aromatic rings. The normalized spacial score (nSPS) is 14.2. The molecular weight excluding hydrogens is 259 g/mol. The summed E-state index contributed by atoms with van der Waals surface area (Å²) in [4.78, 5) is 13.5. The number of hydrogen-bond donors (Lipinski definition) is 1. The molecule has 0 radical (unpaired) electrons. The molecule has 1 aliphatic rings. The van der Waals surface area contributed by atoms with E-state index in [0.29, 0.717) is 18.3 Å². The van der Waals surface area contributed by atoms with Gasteiger partial charge in [0.15, 0.2) is 6.61 Å². The van der Waals surface area contributed by atoms with Gasteiger partial charge in [-0.3, -0.25) is 4.79 Å². The minimum atomic E-state index is -0.349. The quantitative estimate of drug-likeness (QED) is 0.830. The van der Waals surface area contributed by atoms with Crippen molar-refractivity contribution in [2.75, 3.05) is 20.2 Å². The second-order valence-corrected chi connectivity index (χ2v) is 5.10. The van der Waals surface area contributed by atoms with Crippen molar-refractivity contribution in [1.29, 1.82) is 0 Å². The van der Waals surface area contributed by atoms with Crippen LogP contribution in [0, 0.1) is 5.82 Å². The number of halogens is 1. The molecular formula is C15H21FN2O2. The summed E-state index contributed by atoms with van der Waals surface area (Å²) in [6.07, 6.45) is 2.13. The Labute approximate surface area is 118 Å². The van der Waals surface area contributed by atoms with Crippen LogP contribution in [0.3, 0.4) is 0 Å². The van der Waals surface area contributed by atoms with Crippen LogP contribution in [0.25, 0.3) is 0 Å². The van der Waals surface area contributed by atoms with E-state index < -0.39 is 0 Å². The maximum atomic E-state index is 13.5. The Bertz CT molecular complexity index is 475. The third-order valence-electron chi connectivity index (χ3n) is 3.36. The zero-order valence-electron chi connectivity index (χ0n) is 12.0. The summed E-state index contributed by atoms with van der Waals surface area (Å²) >= 11 is 0. The predicted octanol–water partition coefficient (Wildman–Crippen LogP) is 1.93. The molecule has 1 aliphatic carbocycles. The highest BCUT2D eigenvalue weighted by Gasteiger charge is 2.29. The molecule has 0 heterocycles. The molecule has 1 N–H and O–H groups in total. The summed E-state index contributed by atoms with van der Waals surface area (Å²) in [5.74, 6) is -0.0150. The van der Waals surface area contributed by atoms with Crippen molar-refractivity contribution in [2.45, 2.75) is 32.4 Å². The highest BCUT2D eigenvalue weighted by Crippen LogP contribution is 2.25. The molecule has 0 bridgehead atoms. The molecule has 0 saturated heterocycles. The first-order chi connectivity index (χ1) is 9.60. The molecule has 110 valence electrons. The number of carbonyl (C=O) groups is 1. The summed E-state index contributed by atoms with van der Waals surface area (Å²) in [6, 6.07) is 4.90. The number of nitrogens with one attached hydrogen (secondary N) is 1. The van der Waals surface area contributed by atoms with Gasteiger partial charge in [-0.05, 0) is 37.1 Å². The molecule has 0 spiro atoms. The van der Waals surface area contributed by atoms with Crippen LogP contribution in [-0.4, -0.2) is 37.0 Å². The van der Waals surface area contributed by atoms with Gasteiger partial charge in [-0.15, -0.1) is 0 Å². The van der Waals surface area contributed by atoms with Crippen LogP contribution in [0.4, 0.5) is 4.39 Å². The molecule has 0 unspecified atom stereocenters. The van der Waals surface area contributed by atoms with Crippen LogP contribution in [0.2, 0.25) is 0 Å². The first kappa shape index (κ1) is 14.8. The monoisotopic (exact) mass is 280 g/mol. The van der Waals surface area contributed by atoms with Gasteiger partial charge in [0, 0.05) is 25.7 Å². The first-order valence-electron chi connectivity index (χ1n) is 6.98. The Morgan fingerprint density at radius 1 is 1.45 bits per heavy atom. The Morgan fingerprint density at radius 3 is 2.85 bits per heavy atom. The topological polar surface area (TPSA) is 41.6 Å². The van der Waals surface area contributed by atoms with Gasteiger partial charge in [0.2, 0.25) is 0 Å². The van der Waals surface area contributed by atoms with Crippen molar-refractivity contribution in [2.24, 2.45) is 0 Å². The molecule has 1 fully saturated rings. The van der Waals surface area contributed by atoms with Gasteiger partial charge < -0.3 is 15.0 Å². The SMILES string of the molecule is CCNCc1cc(F)cc(OCC(=O)N(C)C2CC2)c1. The molecule has 0 atom stereocenters. The fraction of sp³-hybridized carbons (Fsp3) is 0.533. The zero-order chi connectivity index (χ0) is 14.5. The van der Waals surface area contributed by atoms with E-state index in [1.807, 2.05) is 6.92 Å². The average molecular weight is 280 g/mol. The van der Waals surface area contributed by atoms with Crippen molar-refractivity contribution >= 4 is 5.91 Å². The van der Waals surface area contributed by atoms with Crippen molar-refractivity contribution < 1.29 is 13.9 Å². The zero-order valence-corrected chi connectivity index (χ0v) is 12.0. The Kier molecular flexibility index (Phi) is 4.95. The summed E-state index contributed by atoms with van der Waals surface area (Å²) in [6.45, 7) is 3.35. The lowest BCUT2D eigenvalue weighted by molar-refractivity contribution is -0.132. The summed E-state index contributed by atoms with van der Waals surface area (Å²) < 4.78 is 18.9. The smallest absolute Gasteiger partial charge is 0.260 e. The Hall–Kier alpha value is -1.62. The number of benzene rings is 1. The molecule has 5 heteroatoms. The lowest BCUT2D eigenvalue weighted by atomic mass is 10.2. The number of ether oxygens (including phenoxy) is 1. The first-order valence-corrected chi connectivity index (χ1v) is 6.98. The van der Waals surface area contributed by atoms with Gasteiger partial charge >= 0.3 is 0 Å². The largest absolute Gasteiger partial charge is 0.484 e. The van der Waals surface area contributed by atoms with Crippen molar-refractivity contribution in [3.05, 3.63) is 29.6 Å². The fourth-order valence-electron chi connectivity index (χ4n) is 1.99. The second kappa shape index (κ2) is 6.70. The van der Waals surface area contributed by atoms with E-state index in [2.05, 4.69) is 5.32 Å². The predicted molar refractivity (Wildman–Crippen MR) is 75.1 cm³/mol. The third kappa shape index (κ3) is 4.20. The van der Waals surface area contributed by atoms with Crippen LogP contribution in [0.5, 0.6) is 5.75 Å². The van der Waals surface area contributed by atoms with Crippen molar-refractivity contribution in [3.63, 3.8) is 0 Å². The van der Waals surface area contributed by atoms with Gasteiger partial charge in [-0.25, -0.2) is 4.39 Å². The van der Waals surface area contributed by atoms with E-state index in [4.69, 9.17) is 4.74 Å². The number of hydrogen-bond acceptors (Lipinski definition) is 3. The highest BCUT2D eigenvalue weighted by atomic mass is 19.1. The van der Waals surface area contributed by atoms with Crippen LogP contribution >= 0.6 is 0 Å². The fourth-order valence-corrected chi connectivity index (χ4v) is 1.99. The summed E-state index contributed by atoms with van der Waals surface area (Å²) in [5, 5.41) is 3.13. The van der Waals surface area contributed by atoms with Gasteiger partial charge in [0.25, 0.3) is 5.91 Å². The van der Waals surface area contributed by atoms with Gasteiger partial charge in [-0.1, -0.05) is 6.92 Å². The molecule has 0 aliphatic heterocycles. The lowest BCUT2D eigenvalue weighted by Gasteiger charge is -2.16. The molecule has 4 nitrogen and oxygen atoms in total. The Balaban J connectivity index is 1.90. The summed E-state index contributed by atoms with van der Waals surface area (Å²) in [5.41, 5.74) is 0.810. The highest BCUT2D eigenvalue weighted by molar-refractivity contribution is 5.78. The molecule has 0 aromatic heterocycles. The van der Waals surface area contributed by atoms with E-state index >= 15 is 0 Å². The van der Waals surface area contributed by atoms with Crippen LogP contribution < -0.4 is 10.1 Å². The maximum absolute atomic E-state index is 13.5. The third-order valence-corrected chi connectivity index (χ3v) is 3.36. The standard InChI is InChI=1S/C15H21FN2O2/c1-3-17-9-11-6-12(16)8-14(7-11)20-10-15(19)18(2)13-4-5-13/h6-8,13,17H,3-5,9-10H2,1-2H3. The van der Waals surface area contributed by atoms with Crippen molar-refractivity contribution in [3.8, 4) is 5.75 Å². The molecule has 1 saturated carbocycles. The van der Waals surface area contributed by atoms with E-state index in [1.165, 1.54) is 12.1 Å². The number of amides is 1. The summed E-state index contributed by atoms with van der Waals surface area (Å²) in [7, 11) is 1.78. The number of carbonyl (C=O) groups excluding carboxylic acids is 1. The maximum Gasteiger partial charge on any atom is 0.260 e. The minimum absolute atomic E-state index is 0.0445. The van der Waals surface area contributed by atoms with Gasteiger partial charge in [0.05, 0.1) is 0 Å². The second-order valence-electron chi connectivity index (χ2n) is 5.10. The molecule has 1 aromatic carbocycles. The average Bonchev–Trinajstić information content (AvgIpc) is 3.25. The molecule has 2 rings (SSSR count). The Morgan fingerprint density at radius 2 is 2.20 bits per heavy atom. The number of rotatable bonds is 7. The van der Waals surface area contributed by atoms with Crippen molar-refractivity contribution in [1.82, 2.24) is 10.2 Å². The minimum Gasteiger partial charge on any atom is -0.484 e. The van der Waals surface area contributed by atoms with E-state index in [1.54, 1.807) is 18.0 Å². The molecule has 20 heavy (non-hydrogen) atoms. The number of likely N-dealkylation sites (N-methyl/N-ethyl adjacent to an activating group) is 1. The van der Waals surface area contributed by atoms with E-state index in [9.17, 15) is 9.18 Å². The van der Waals surface area contributed by atoms with Crippen LogP contribution in [0.1, 0.15) is 25.3 Å². The van der Waals surface area contributed by atoms with E-state index in [0.717, 1.165) is 24.9 Å². The van der Waals surface area contributed by atoms with Crippen LogP contribution in [-0.2, 0) is 11.3 Å². The van der Waals surface area contributed by atoms with Gasteiger partial charge in [-0.2, -0.15) is 0 Å². The van der Waals surface area contributed by atoms with E-state index in [-0.39, 0.29) is 18.3 Å².